The van der Waals surface area contributed by atoms with E-state index >= 15 is 0 Å². The fraction of sp³-hybridized carbons (Fsp3) is 0.150. The molecule has 1 amide bonds. The summed E-state index contributed by atoms with van der Waals surface area (Å²) in [6, 6.07) is 16.1. The molecule has 0 saturated carbocycles. The SMILES string of the molecule is O=C(Cc1c(F)cccc1F)NC(CO)c1ccc2ccccc2c1. The molecule has 3 aromatic carbocycles. The Labute approximate surface area is 143 Å². The number of fused-ring (bicyclic) bond motifs is 1. The topological polar surface area (TPSA) is 49.3 Å². The van der Waals surface area contributed by atoms with E-state index in [0.29, 0.717) is 0 Å². The van der Waals surface area contributed by atoms with Crippen LogP contribution in [0, 0.1) is 11.6 Å². The van der Waals surface area contributed by atoms with Crippen LogP contribution >= 0.6 is 0 Å². The van der Waals surface area contributed by atoms with E-state index in [9.17, 15) is 18.7 Å². The van der Waals surface area contributed by atoms with Crippen molar-refractivity contribution in [2.24, 2.45) is 0 Å². The van der Waals surface area contributed by atoms with E-state index in [1.54, 1.807) is 0 Å². The summed E-state index contributed by atoms with van der Waals surface area (Å²) >= 11 is 0. The molecule has 3 rings (SSSR count). The summed E-state index contributed by atoms with van der Waals surface area (Å²) < 4.78 is 27.3. The number of rotatable bonds is 5. The molecule has 0 aliphatic heterocycles. The van der Waals surface area contributed by atoms with Crippen molar-refractivity contribution < 1.29 is 18.7 Å². The number of aliphatic hydroxyl groups is 1. The Kier molecular flexibility index (Phi) is 5.05. The lowest BCUT2D eigenvalue weighted by molar-refractivity contribution is -0.121. The zero-order chi connectivity index (χ0) is 17.8. The van der Waals surface area contributed by atoms with Gasteiger partial charge in [0, 0.05) is 5.56 Å². The van der Waals surface area contributed by atoms with Gasteiger partial charge in [-0.1, -0.05) is 42.5 Å². The monoisotopic (exact) mass is 341 g/mol. The first-order valence-electron chi connectivity index (χ1n) is 7.90. The second-order valence-electron chi connectivity index (χ2n) is 5.79. The number of halogens is 2. The Balaban J connectivity index is 1.77. The standard InChI is InChI=1S/C20H17F2NO2/c21-17-6-3-7-18(22)16(17)11-20(25)23-19(12-24)15-9-8-13-4-1-2-5-14(13)10-15/h1-10,19,24H,11-12H2,(H,23,25). The van der Waals surface area contributed by atoms with Crippen LogP contribution in [0.4, 0.5) is 8.78 Å². The van der Waals surface area contributed by atoms with Crippen LogP contribution in [0.2, 0.25) is 0 Å². The molecule has 25 heavy (non-hydrogen) atoms. The van der Waals surface area contributed by atoms with Gasteiger partial charge < -0.3 is 10.4 Å². The molecule has 3 nitrogen and oxygen atoms in total. The first-order valence-corrected chi connectivity index (χ1v) is 7.90. The van der Waals surface area contributed by atoms with Gasteiger partial charge in [-0.25, -0.2) is 8.78 Å². The summed E-state index contributed by atoms with van der Waals surface area (Å²) in [5.74, 6) is -2.08. The Morgan fingerprint density at radius 1 is 0.960 bits per heavy atom. The van der Waals surface area contributed by atoms with E-state index in [1.165, 1.54) is 6.07 Å². The van der Waals surface area contributed by atoms with Gasteiger partial charge in [-0.3, -0.25) is 4.79 Å². The molecule has 0 saturated heterocycles. The molecular formula is C20H17F2NO2. The minimum atomic E-state index is -0.763. The highest BCUT2D eigenvalue weighted by atomic mass is 19.1. The maximum absolute atomic E-state index is 13.7. The fourth-order valence-electron chi connectivity index (χ4n) is 2.77. The Bertz CT molecular complexity index is 891. The number of hydrogen-bond donors (Lipinski definition) is 2. The lowest BCUT2D eigenvalue weighted by atomic mass is 10.0. The van der Waals surface area contributed by atoms with Crippen molar-refractivity contribution in [3.63, 3.8) is 0 Å². The average Bonchev–Trinajstić information content (AvgIpc) is 2.62. The summed E-state index contributed by atoms with van der Waals surface area (Å²) in [5.41, 5.74) is 0.443. The van der Waals surface area contributed by atoms with Gasteiger partial charge in [0.1, 0.15) is 11.6 Å². The first kappa shape index (κ1) is 17.0. The Hall–Kier alpha value is -2.79. The third-order valence-electron chi connectivity index (χ3n) is 4.09. The third kappa shape index (κ3) is 3.83. The van der Waals surface area contributed by atoms with E-state index < -0.39 is 30.0 Å². The molecule has 128 valence electrons. The molecule has 3 aromatic rings. The van der Waals surface area contributed by atoms with Crippen LogP contribution in [-0.4, -0.2) is 17.6 Å². The number of carbonyl (C=O) groups excluding carboxylic acids is 1. The minimum Gasteiger partial charge on any atom is -0.394 e. The van der Waals surface area contributed by atoms with Crippen molar-refractivity contribution in [1.82, 2.24) is 5.32 Å². The summed E-state index contributed by atoms with van der Waals surface area (Å²) in [6.45, 7) is -0.316. The van der Waals surface area contributed by atoms with Crippen LogP contribution in [0.3, 0.4) is 0 Å². The molecule has 0 fully saturated rings. The van der Waals surface area contributed by atoms with E-state index in [1.807, 2.05) is 42.5 Å². The zero-order valence-electron chi connectivity index (χ0n) is 13.4. The largest absolute Gasteiger partial charge is 0.394 e. The Morgan fingerprint density at radius 3 is 2.32 bits per heavy atom. The van der Waals surface area contributed by atoms with E-state index in [2.05, 4.69) is 5.32 Å². The van der Waals surface area contributed by atoms with Crippen molar-refractivity contribution in [3.05, 3.63) is 83.4 Å². The fourth-order valence-corrected chi connectivity index (χ4v) is 2.77. The van der Waals surface area contributed by atoms with Crippen molar-refractivity contribution >= 4 is 16.7 Å². The lowest BCUT2D eigenvalue weighted by Gasteiger charge is -2.17. The van der Waals surface area contributed by atoms with Crippen LogP contribution in [0.1, 0.15) is 17.2 Å². The number of hydrogen-bond acceptors (Lipinski definition) is 2. The Morgan fingerprint density at radius 2 is 1.64 bits per heavy atom. The molecule has 0 heterocycles. The van der Waals surface area contributed by atoms with Gasteiger partial charge in [0.05, 0.1) is 19.1 Å². The number of aliphatic hydroxyl groups excluding tert-OH is 1. The minimum absolute atomic E-state index is 0.282. The van der Waals surface area contributed by atoms with Crippen LogP contribution in [0.25, 0.3) is 10.8 Å². The second kappa shape index (κ2) is 7.40. The molecule has 0 bridgehead atoms. The summed E-state index contributed by atoms with van der Waals surface area (Å²) in [4.78, 5) is 12.2. The molecular weight excluding hydrogens is 324 g/mol. The van der Waals surface area contributed by atoms with Crippen LogP contribution in [-0.2, 0) is 11.2 Å². The molecule has 0 aliphatic carbocycles. The molecule has 0 spiro atoms. The van der Waals surface area contributed by atoms with Gasteiger partial charge in [0.15, 0.2) is 0 Å². The van der Waals surface area contributed by atoms with Crippen molar-refractivity contribution in [3.8, 4) is 0 Å². The van der Waals surface area contributed by atoms with Gasteiger partial charge in [0.2, 0.25) is 5.91 Å². The van der Waals surface area contributed by atoms with Crippen molar-refractivity contribution in [1.29, 1.82) is 0 Å². The number of benzene rings is 3. The van der Waals surface area contributed by atoms with Crippen LogP contribution < -0.4 is 5.32 Å². The van der Waals surface area contributed by atoms with Crippen molar-refractivity contribution in [2.75, 3.05) is 6.61 Å². The average molecular weight is 341 g/mol. The highest BCUT2D eigenvalue weighted by Gasteiger charge is 2.17. The lowest BCUT2D eigenvalue weighted by Crippen LogP contribution is -2.32. The van der Waals surface area contributed by atoms with Gasteiger partial charge in [-0.2, -0.15) is 0 Å². The van der Waals surface area contributed by atoms with E-state index in [-0.39, 0.29) is 12.2 Å². The third-order valence-corrected chi connectivity index (χ3v) is 4.09. The quantitative estimate of drug-likeness (QED) is 0.746. The molecule has 1 atom stereocenters. The highest BCUT2D eigenvalue weighted by Crippen LogP contribution is 2.21. The van der Waals surface area contributed by atoms with Crippen molar-refractivity contribution in [2.45, 2.75) is 12.5 Å². The molecule has 2 N–H and O–H groups in total. The number of amides is 1. The summed E-state index contributed by atoms with van der Waals surface area (Å²) in [7, 11) is 0. The first-order chi connectivity index (χ1) is 12.1. The number of nitrogens with one attached hydrogen (secondary N) is 1. The molecule has 0 aromatic heterocycles. The smallest absolute Gasteiger partial charge is 0.225 e. The van der Waals surface area contributed by atoms with Crippen LogP contribution in [0.5, 0.6) is 0 Å². The van der Waals surface area contributed by atoms with Crippen LogP contribution in [0.15, 0.2) is 60.7 Å². The van der Waals surface area contributed by atoms with Gasteiger partial charge in [-0.05, 0) is 34.5 Å². The summed E-state index contributed by atoms with van der Waals surface area (Å²) in [5, 5.41) is 14.3. The van der Waals surface area contributed by atoms with E-state index in [4.69, 9.17) is 0 Å². The molecule has 0 radical (unpaired) electrons. The maximum Gasteiger partial charge on any atom is 0.225 e. The van der Waals surface area contributed by atoms with Gasteiger partial charge in [-0.15, -0.1) is 0 Å². The molecule has 0 aliphatic rings. The van der Waals surface area contributed by atoms with Gasteiger partial charge >= 0.3 is 0 Å². The second-order valence-corrected chi connectivity index (χ2v) is 5.79. The summed E-state index contributed by atoms with van der Waals surface area (Å²) in [6.07, 6.45) is -0.428. The van der Waals surface area contributed by atoms with E-state index in [0.717, 1.165) is 28.5 Å². The predicted molar refractivity (Wildman–Crippen MR) is 92.0 cm³/mol. The van der Waals surface area contributed by atoms with Gasteiger partial charge in [0.25, 0.3) is 0 Å². The zero-order valence-corrected chi connectivity index (χ0v) is 13.4. The molecule has 1 unspecified atom stereocenters. The molecule has 5 heteroatoms. The number of carbonyl (C=O) groups is 1. The predicted octanol–water partition coefficient (Wildman–Crippen LogP) is 3.51. The highest BCUT2D eigenvalue weighted by molar-refractivity contribution is 5.83. The normalized spacial score (nSPS) is 12.1. The maximum atomic E-state index is 13.7.